The number of thioether (sulfide) groups is 1. The lowest BCUT2D eigenvalue weighted by molar-refractivity contribution is 0.176. The Bertz CT molecular complexity index is 182. The summed E-state index contributed by atoms with van der Waals surface area (Å²) >= 11 is 2.05. The van der Waals surface area contributed by atoms with Crippen molar-refractivity contribution in [3.8, 4) is 6.07 Å². The highest BCUT2D eigenvalue weighted by Gasteiger charge is 2.21. The molecule has 2 nitrogen and oxygen atoms in total. The lowest BCUT2D eigenvalue weighted by Gasteiger charge is -2.34. The molecule has 1 aliphatic heterocycles. The zero-order valence-electron chi connectivity index (χ0n) is 8.49. The Labute approximate surface area is 85.3 Å². The molecule has 1 saturated heterocycles. The Morgan fingerprint density at radius 3 is 2.69 bits per heavy atom. The standard InChI is InChI=1S/C10H18N2S/c1-9(3-6-11)12(2)10-4-7-13-8-5-10/h9-10H,3-5,7-8H2,1-2H3. The molecule has 0 aromatic heterocycles. The first-order valence-corrected chi connectivity index (χ1v) is 6.07. The SMILES string of the molecule is CC(CC#N)N(C)C1CCSCC1. The summed E-state index contributed by atoms with van der Waals surface area (Å²) in [5.41, 5.74) is 0. The fraction of sp³-hybridized carbons (Fsp3) is 0.900. The molecule has 1 rings (SSSR count). The topological polar surface area (TPSA) is 27.0 Å². The molecular weight excluding hydrogens is 180 g/mol. The van der Waals surface area contributed by atoms with Crippen molar-refractivity contribution in [1.29, 1.82) is 5.26 Å². The maximum absolute atomic E-state index is 8.60. The van der Waals surface area contributed by atoms with E-state index >= 15 is 0 Å². The highest BCUT2D eigenvalue weighted by atomic mass is 32.2. The molecule has 0 aromatic rings. The monoisotopic (exact) mass is 198 g/mol. The Kier molecular flexibility index (Phi) is 4.61. The predicted molar refractivity (Wildman–Crippen MR) is 57.8 cm³/mol. The third kappa shape index (κ3) is 3.21. The van der Waals surface area contributed by atoms with E-state index < -0.39 is 0 Å². The average molecular weight is 198 g/mol. The van der Waals surface area contributed by atoms with E-state index in [2.05, 4.69) is 24.9 Å². The van der Waals surface area contributed by atoms with Crippen LogP contribution < -0.4 is 0 Å². The van der Waals surface area contributed by atoms with Crippen LogP contribution in [0.25, 0.3) is 0 Å². The highest BCUT2D eigenvalue weighted by molar-refractivity contribution is 7.99. The molecule has 0 amide bonds. The molecule has 0 radical (unpaired) electrons. The molecule has 1 fully saturated rings. The van der Waals surface area contributed by atoms with E-state index in [4.69, 9.17) is 5.26 Å². The number of nitriles is 1. The molecule has 1 atom stereocenters. The van der Waals surface area contributed by atoms with Crippen LogP contribution in [0.15, 0.2) is 0 Å². The maximum atomic E-state index is 8.60. The van der Waals surface area contributed by atoms with E-state index in [0.29, 0.717) is 18.5 Å². The molecule has 1 aliphatic rings. The highest BCUT2D eigenvalue weighted by Crippen LogP contribution is 2.22. The van der Waals surface area contributed by atoms with Gasteiger partial charge in [0.2, 0.25) is 0 Å². The van der Waals surface area contributed by atoms with Gasteiger partial charge in [0.05, 0.1) is 12.5 Å². The zero-order chi connectivity index (χ0) is 9.68. The Morgan fingerprint density at radius 1 is 1.54 bits per heavy atom. The third-order valence-electron chi connectivity index (χ3n) is 2.85. The molecule has 0 aromatic carbocycles. The van der Waals surface area contributed by atoms with Gasteiger partial charge in [-0.05, 0) is 38.3 Å². The van der Waals surface area contributed by atoms with Crippen molar-refractivity contribution in [2.45, 2.75) is 38.3 Å². The molecule has 74 valence electrons. The van der Waals surface area contributed by atoms with Crippen molar-refractivity contribution in [3.05, 3.63) is 0 Å². The van der Waals surface area contributed by atoms with Crippen molar-refractivity contribution < 1.29 is 0 Å². The van der Waals surface area contributed by atoms with Crippen LogP contribution in [0.5, 0.6) is 0 Å². The molecule has 0 N–H and O–H groups in total. The minimum absolute atomic E-state index is 0.415. The summed E-state index contributed by atoms with van der Waals surface area (Å²) in [5, 5.41) is 8.60. The van der Waals surface area contributed by atoms with E-state index in [9.17, 15) is 0 Å². The number of hydrogen-bond donors (Lipinski definition) is 0. The van der Waals surface area contributed by atoms with Gasteiger partial charge in [0.1, 0.15) is 0 Å². The molecule has 0 bridgehead atoms. The minimum atomic E-state index is 0.415. The second-order valence-electron chi connectivity index (χ2n) is 3.72. The minimum Gasteiger partial charge on any atom is -0.300 e. The number of rotatable bonds is 3. The second-order valence-corrected chi connectivity index (χ2v) is 4.95. The molecule has 3 heteroatoms. The molecular formula is C10H18N2S. The van der Waals surface area contributed by atoms with Crippen LogP contribution in [0.2, 0.25) is 0 Å². The van der Waals surface area contributed by atoms with Crippen LogP contribution in [0.1, 0.15) is 26.2 Å². The van der Waals surface area contributed by atoms with Gasteiger partial charge in [0.15, 0.2) is 0 Å². The third-order valence-corrected chi connectivity index (χ3v) is 3.90. The van der Waals surface area contributed by atoms with Crippen LogP contribution >= 0.6 is 11.8 Å². The van der Waals surface area contributed by atoms with E-state index in [-0.39, 0.29) is 0 Å². The average Bonchev–Trinajstić information content (AvgIpc) is 2.18. The van der Waals surface area contributed by atoms with Gasteiger partial charge in [-0.15, -0.1) is 0 Å². The van der Waals surface area contributed by atoms with Crippen LogP contribution in [-0.4, -0.2) is 35.5 Å². The summed E-state index contributed by atoms with van der Waals surface area (Å²) in [7, 11) is 2.16. The Morgan fingerprint density at radius 2 is 2.15 bits per heavy atom. The van der Waals surface area contributed by atoms with Gasteiger partial charge < -0.3 is 0 Å². The van der Waals surface area contributed by atoms with Gasteiger partial charge >= 0.3 is 0 Å². The van der Waals surface area contributed by atoms with Gasteiger partial charge in [-0.2, -0.15) is 17.0 Å². The fourth-order valence-electron chi connectivity index (χ4n) is 1.73. The normalized spacial score (nSPS) is 21.4. The van der Waals surface area contributed by atoms with Crippen LogP contribution in [-0.2, 0) is 0 Å². The van der Waals surface area contributed by atoms with Crippen molar-refractivity contribution in [2.75, 3.05) is 18.6 Å². The van der Waals surface area contributed by atoms with Crippen LogP contribution in [0.4, 0.5) is 0 Å². The van der Waals surface area contributed by atoms with Crippen molar-refractivity contribution in [1.82, 2.24) is 4.90 Å². The summed E-state index contributed by atoms with van der Waals surface area (Å²) in [6.45, 7) is 2.14. The van der Waals surface area contributed by atoms with Gasteiger partial charge in [0, 0.05) is 12.1 Å². The lowest BCUT2D eigenvalue weighted by Crippen LogP contribution is -2.40. The van der Waals surface area contributed by atoms with Crippen molar-refractivity contribution in [3.63, 3.8) is 0 Å². The fourth-order valence-corrected chi connectivity index (χ4v) is 2.81. The van der Waals surface area contributed by atoms with E-state index in [1.807, 2.05) is 11.8 Å². The first kappa shape index (κ1) is 10.9. The zero-order valence-corrected chi connectivity index (χ0v) is 9.31. The lowest BCUT2D eigenvalue weighted by atomic mass is 10.1. The summed E-state index contributed by atoms with van der Waals surface area (Å²) in [6, 6.07) is 3.37. The van der Waals surface area contributed by atoms with E-state index in [1.54, 1.807) is 0 Å². The van der Waals surface area contributed by atoms with Crippen LogP contribution in [0.3, 0.4) is 0 Å². The molecule has 13 heavy (non-hydrogen) atoms. The summed E-state index contributed by atoms with van der Waals surface area (Å²) in [5.74, 6) is 2.57. The molecule has 1 heterocycles. The van der Waals surface area contributed by atoms with Crippen molar-refractivity contribution >= 4 is 11.8 Å². The smallest absolute Gasteiger partial charge is 0.0638 e. The predicted octanol–water partition coefficient (Wildman–Crippen LogP) is 2.12. The first-order chi connectivity index (χ1) is 6.25. The maximum Gasteiger partial charge on any atom is 0.0638 e. The summed E-state index contributed by atoms with van der Waals surface area (Å²) < 4.78 is 0. The summed E-state index contributed by atoms with van der Waals surface area (Å²) in [6.07, 6.45) is 3.23. The van der Waals surface area contributed by atoms with E-state index in [1.165, 1.54) is 24.3 Å². The molecule has 0 spiro atoms. The quantitative estimate of drug-likeness (QED) is 0.695. The Hall–Kier alpha value is -0.200. The van der Waals surface area contributed by atoms with Crippen LogP contribution in [0, 0.1) is 11.3 Å². The largest absolute Gasteiger partial charge is 0.300 e. The molecule has 0 aliphatic carbocycles. The van der Waals surface area contributed by atoms with Gasteiger partial charge in [-0.25, -0.2) is 0 Å². The van der Waals surface area contributed by atoms with Gasteiger partial charge in [-0.3, -0.25) is 4.90 Å². The van der Waals surface area contributed by atoms with E-state index in [0.717, 1.165) is 0 Å². The Balaban J connectivity index is 2.36. The summed E-state index contributed by atoms with van der Waals surface area (Å²) in [4.78, 5) is 2.38. The van der Waals surface area contributed by atoms with Gasteiger partial charge in [-0.1, -0.05) is 0 Å². The number of hydrogen-bond acceptors (Lipinski definition) is 3. The van der Waals surface area contributed by atoms with Crippen molar-refractivity contribution in [2.24, 2.45) is 0 Å². The molecule has 0 saturated carbocycles. The van der Waals surface area contributed by atoms with Gasteiger partial charge in [0.25, 0.3) is 0 Å². The molecule has 1 unspecified atom stereocenters. The number of nitrogens with zero attached hydrogens (tertiary/aromatic N) is 2. The first-order valence-electron chi connectivity index (χ1n) is 4.92. The second kappa shape index (κ2) is 5.51.